The Labute approximate surface area is 260 Å². The molecule has 0 bridgehead atoms. The van der Waals surface area contributed by atoms with Gasteiger partial charge in [0.2, 0.25) is 5.95 Å². The maximum Gasteiger partial charge on any atom is 0.582 e. The number of nitrogens with one attached hydrogen (secondary N) is 1. The number of pyridine rings is 1. The third-order valence-corrected chi connectivity index (χ3v) is 9.21. The number of aliphatic hydroxyl groups excluding tert-OH is 1. The van der Waals surface area contributed by atoms with Crippen molar-refractivity contribution < 1.29 is 46.4 Å². The normalized spacial score (nSPS) is 30.3. The van der Waals surface area contributed by atoms with Gasteiger partial charge < -0.3 is 35.5 Å². The Kier molecular flexibility index (Phi) is 8.86. The summed E-state index contributed by atoms with van der Waals surface area (Å²) in [4.78, 5) is 37.5. The van der Waals surface area contributed by atoms with E-state index in [0.717, 1.165) is 15.6 Å². The van der Waals surface area contributed by atoms with Crippen LogP contribution in [0.5, 0.6) is 0 Å². The molecule has 0 saturated carbocycles. The minimum absolute atomic E-state index is 0.0822. The molecule has 2 fully saturated rings. The molecule has 0 aromatic carbocycles. The van der Waals surface area contributed by atoms with Crippen molar-refractivity contribution in [1.82, 2.24) is 39.5 Å². The van der Waals surface area contributed by atoms with Crippen LogP contribution in [0.3, 0.4) is 0 Å². The summed E-state index contributed by atoms with van der Waals surface area (Å²) in [7, 11) is -2.65. The van der Waals surface area contributed by atoms with Gasteiger partial charge in [-0.3, -0.25) is 18.9 Å². The first-order valence-electron chi connectivity index (χ1n) is 12.7. The second-order valence-corrected chi connectivity index (χ2v) is 14.2. The quantitative estimate of drug-likeness (QED) is 0.0946. The average Bonchev–Trinajstić information content (AvgIpc) is 3.73. The van der Waals surface area contributed by atoms with Crippen molar-refractivity contribution in [3.05, 3.63) is 28.9 Å². The molecule has 0 radical (unpaired) electrons. The first-order chi connectivity index (χ1) is 21.4. The second kappa shape index (κ2) is 12.4. The number of alkyl halides is 2. The van der Waals surface area contributed by atoms with Crippen molar-refractivity contribution in [3.63, 3.8) is 0 Å². The first-order valence-corrected chi connectivity index (χ1v) is 17.7. The van der Waals surface area contributed by atoms with Crippen molar-refractivity contribution in [2.45, 2.75) is 49.2 Å². The van der Waals surface area contributed by atoms with Crippen LogP contribution in [0.2, 0.25) is 0 Å². The summed E-state index contributed by atoms with van der Waals surface area (Å²) < 4.78 is 72.4. The molecule has 4 aromatic heterocycles. The molecular formula is C20H23F2N10O9P2S2+. The van der Waals surface area contributed by atoms with E-state index in [9.17, 15) is 19.4 Å². The van der Waals surface area contributed by atoms with Crippen molar-refractivity contribution in [3.8, 4) is 0 Å². The zero-order chi connectivity index (χ0) is 32.2. The zero-order valence-corrected chi connectivity index (χ0v) is 25.8. The highest BCUT2D eigenvalue weighted by Gasteiger charge is 2.53. The number of thiol groups is 1. The summed E-state index contributed by atoms with van der Waals surface area (Å²) in [5, 5.41) is 17.4. The Morgan fingerprint density at radius 2 is 1.91 bits per heavy atom. The van der Waals surface area contributed by atoms with Gasteiger partial charge in [0.1, 0.15) is 30.6 Å². The van der Waals surface area contributed by atoms with Gasteiger partial charge in [-0.05, 0) is 22.4 Å². The molecule has 19 nitrogen and oxygen atoms in total. The molecule has 45 heavy (non-hydrogen) atoms. The third kappa shape index (κ3) is 6.05. The Balaban J connectivity index is 1.22. The number of nitrogens with two attached hydrogens (primary N) is 2. The largest absolute Gasteiger partial charge is 0.582 e. The molecule has 2 aliphatic heterocycles. The maximum absolute atomic E-state index is 15.7. The number of imidazole rings is 1. The SMILES string of the molecule is Nc1nc2c(ncn2[C@@H]2O[C@H](CO)[C@H](F)[C@H]2OP(O)(=S)OC[C@H]2O[C@@H](n3nnc4c(N)ccnc43)[C@@H](F)[C@@H]2O[P+](=O)S)c(=O)[nH]1. The Hall–Kier alpha value is -2.82. The van der Waals surface area contributed by atoms with Crippen LogP contribution in [-0.4, -0.2) is 99.5 Å². The molecule has 4 aromatic rings. The lowest BCUT2D eigenvalue weighted by Gasteiger charge is -2.26. The van der Waals surface area contributed by atoms with Crippen molar-refractivity contribution in [1.29, 1.82) is 0 Å². The van der Waals surface area contributed by atoms with Gasteiger partial charge in [-0.2, -0.15) is 9.67 Å². The first kappa shape index (κ1) is 32.1. The summed E-state index contributed by atoms with van der Waals surface area (Å²) in [6.07, 6.45) is -10.7. The van der Waals surface area contributed by atoms with Crippen LogP contribution in [0.4, 0.5) is 20.4 Å². The highest BCUT2D eigenvalue weighted by atomic mass is 32.7. The zero-order valence-electron chi connectivity index (χ0n) is 22.3. The Bertz CT molecular complexity index is 1870. The predicted octanol–water partition coefficient (Wildman–Crippen LogP) is 0.178. The van der Waals surface area contributed by atoms with E-state index in [1.807, 2.05) is 0 Å². The van der Waals surface area contributed by atoms with E-state index in [1.54, 1.807) is 0 Å². The van der Waals surface area contributed by atoms with Crippen molar-refractivity contribution >= 4 is 72.0 Å². The van der Waals surface area contributed by atoms with Crippen LogP contribution in [0.25, 0.3) is 22.3 Å². The maximum atomic E-state index is 15.7. The Morgan fingerprint density at radius 1 is 1.16 bits per heavy atom. The lowest BCUT2D eigenvalue weighted by Crippen LogP contribution is -2.34. The lowest BCUT2D eigenvalue weighted by molar-refractivity contribution is -0.0561. The van der Waals surface area contributed by atoms with Gasteiger partial charge in [0.25, 0.3) is 5.56 Å². The minimum atomic E-state index is -4.42. The number of ether oxygens (including phenoxy) is 2. The molecular weight excluding hydrogens is 688 g/mol. The molecule has 25 heteroatoms. The van der Waals surface area contributed by atoms with Crippen molar-refractivity contribution in [2.24, 2.45) is 0 Å². The van der Waals surface area contributed by atoms with E-state index in [1.165, 1.54) is 12.3 Å². The molecule has 0 amide bonds. The monoisotopic (exact) mass is 711 g/mol. The number of aromatic amines is 1. The number of anilines is 2. The van der Waals surface area contributed by atoms with Gasteiger partial charge in [0, 0.05) is 6.20 Å². The molecule has 7 N–H and O–H groups in total. The van der Waals surface area contributed by atoms with E-state index in [-0.39, 0.29) is 34.0 Å². The molecule has 6 rings (SSSR count). The molecule has 0 aliphatic carbocycles. The van der Waals surface area contributed by atoms with Gasteiger partial charge in [0.05, 0.1) is 25.2 Å². The minimum Gasteiger partial charge on any atom is -0.397 e. The van der Waals surface area contributed by atoms with Gasteiger partial charge in [0.15, 0.2) is 53.2 Å². The standard InChI is InChI=1S/C20H22F2N10O9P2S2/c21-9-7(3-33)38-19(31-5-26-12-16(31)27-20(24)28-17(12)34)14(9)41-43(36,45)37-4-8-13(40-42(35)44)10(22)18(39-8)32-15-11(29-30-32)6(23)1-2-25-15/h1-2,5,7-10,13-14,18-19,33H,3-4H2,(H6-,23,24,25,27,28,30,34,35,36,44,45)/p+1/t7-,8-,9+,10+,13-,14-,18-,19-,43?/m1/s1. The Morgan fingerprint density at radius 3 is 2.64 bits per heavy atom. The van der Waals surface area contributed by atoms with Gasteiger partial charge in [-0.25, -0.2) is 18.7 Å². The summed E-state index contributed by atoms with van der Waals surface area (Å²) in [6, 6.07) is 1.47. The summed E-state index contributed by atoms with van der Waals surface area (Å²) in [6.45, 7) is -5.91. The van der Waals surface area contributed by atoms with E-state index in [2.05, 4.69) is 42.5 Å². The number of hydrogen-bond acceptors (Lipinski definition) is 16. The van der Waals surface area contributed by atoms with Gasteiger partial charge in [-0.1, -0.05) is 5.21 Å². The number of aromatic nitrogens is 8. The highest BCUT2D eigenvalue weighted by Crippen LogP contribution is 2.51. The van der Waals surface area contributed by atoms with Crippen LogP contribution in [0, 0.1) is 0 Å². The van der Waals surface area contributed by atoms with Crippen LogP contribution in [0.15, 0.2) is 23.4 Å². The molecule has 2 unspecified atom stereocenters. The molecule has 2 aliphatic rings. The second-order valence-electron chi connectivity index (χ2n) is 9.73. The number of fused-ring (bicyclic) bond motifs is 2. The number of aliphatic hydroxyl groups is 1. The van der Waals surface area contributed by atoms with E-state index < -0.39 is 81.9 Å². The van der Waals surface area contributed by atoms with Gasteiger partial charge in [-0.15, -0.1) is 9.62 Å². The summed E-state index contributed by atoms with van der Waals surface area (Å²) >= 11 is 8.81. The number of nitrogens with zero attached hydrogens (tertiary/aromatic N) is 7. The molecule has 10 atom stereocenters. The van der Waals surface area contributed by atoms with Crippen LogP contribution < -0.4 is 17.0 Å². The molecule has 6 heterocycles. The van der Waals surface area contributed by atoms with Crippen LogP contribution in [-0.2, 0) is 39.4 Å². The number of hydrogen-bond donors (Lipinski definition) is 6. The predicted molar refractivity (Wildman–Crippen MR) is 156 cm³/mol. The smallest absolute Gasteiger partial charge is 0.397 e. The number of nitrogen functional groups attached to an aromatic ring is 2. The summed E-state index contributed by atoms with van der Waals surface area (Å²) in [5.74, 6) is -0.269. The van der Waals surface area contributed by atoms with E-state index in [4.69, 9.17) is 46.3 Å². The van der Waals surface area contributed by atoms with Crippen LogP contribution >= 0.6 is 26.2 Å². The van der Waals surface area contributed by atoms with E-state index >= 15 is 8.78 Å². The number of rotatable bonds is 10. The highest BCUT2D eigenvalue weighted by molar-refractivity contribution is 8.39. The lowest BCUT2D eigenvalue weighted by atomic mass is 10.1. The van der Waals surface area contributed by atoms with Gasteiger partial charge >= 0.3 is 13.9 Å². The molecule has 2 saturated heterocycles. The van der Waals surface area contributed by atoms with E-state index in [0.29, 0.717) is 0 Å². The third-order valence-electron chi connectivity index (χ3n) is 6.94. The number of halogens is 2. The average molecular weight is 712 g/mol. The summed E-state index contributed by atoms with van der Waals surface area (Å²) in [5.41, 5.74) is 11.1. The van der Waals surface area contributed by atoms with Crippen molar-refractivity contribution in [2.75, 3.05) is 24.7 Å². The fourth-order valence-corrected chi connectivity index (χ4v) is 7.14. The topological polar surface area (TPSA) is 263 Å². The number of H-pyrrole nitrogens is 1. The van der Waals surface area contributed by atoms with Crippen LogP contribution in [0.1, 0.15) is 12.5 Å². The fraction of sp³-hybridized carbons (Fsp3) is 0.500. The molecule has 242 valence electrons. The fourth-order valence-electron chi connectivity index (χ4n) is 4.95. The molecule has 0 spiro atoms.